The highest BCUT2D eigenvalue weighted by atomic mass is 16.5. The lowest BCUT2D eigenvalue weighted by molar-refractivity contribution is -0.0992. The SMILES string of the molecule is Cn1ncnc1CNCC1(C)COC1. The van der Waals surface area contributed by atoms with E-state index in [1.54, 1.807) is 11.0 Å². The maximum atomic E-state index is 5.18. The van der Waals surface area contributed by atoms with Crippen molar-refractivity contribution in [3.8, 4) is 0 Å². The Hall–Kier alpha value is -0.940. The van der Waals surface area contributed by atoms with E-state index in [0.717, 1.165) is 32.1 Å². The maximum Gasteiger partial charge on any atom is 0.140 e. The zero-order chi connectivity index (χ0) is 10.0. The van der Waals surface area contributed by atoms with Crippen LogP contribution in [0.2, 0.25) is 0 Å². The monoisotopic (exact) mass is 196 g/mol. The number of nitrogens with zero attached hydrogens (tertiary/aromatic N) is 3. The number of ether oxygens (including phenoxy) is 1. The fourth-order valence-electron chi connectivity index (χ4n) is 1.51. The van der Waals surface area contributed by atoms with Gasteiger partial charge in [0.15, 0.2) is 0 Å². The second-order valence-electron chi connectivity index (χ2n) is 4.21. The van der Waals surface area contributed by atoms with E-state index >= 15 is 0 Å². The molecule has 2 heterocycles. The van der Waals surface area contributed by atoms with Crippen LogP contribution >= 0.6 is 0 Å². The van der Waals surface area contributed by atoms with E-state index in [-0.39, 0.29) is 0 Å². The standard InChI is InChI=1S/C9H16N4O/c1-9(5-14-6-9)4-10-3-8-11-7-12-13(8)2/h7,10H,3-6H2,1-2H3. The number of aromatic nitrogens is 3. The van der Waals surface area contributed by atoms with Crippen LogP contribution in [0.25, 0.3) is 0 Å². The molecule has 0 spiro atoms. The molecule has 0 aliphatic carbocycles. The summed E-state index contributed by atoms with van der Waals surface area (Å²) < 4.78 is 6.96. The summed E-state index contributed by atoms with van der Waals surface area (Å²) in [4.78, 5) is 4.14. The molecular formula is C9H16N4O. The van der Waals surface area contributed by atoms with Crippen molar-refractivity contribution in [1.29, 1.82) is 0 Å². The zero-order valence-corrected chi connectivity index (χ0v) is 8.66. The van der Waals surface area contributed by atoms with Gasteiger partial charge >= 0.3 is 0 Å². The molecule has 0 unspecified atom stereocenters. The van der Waals surface area contributed by atoms with Crippen LogP contribution in [0.15, 0.2) is 6.33 Å². The Balaban J connectivity index is 1.75. The van der Waals surface area contributed by atoms with E-state index in [1.165, 1.54) is 0 Å². The summed E-state index contributed by atoms with van der Waals surface area (Å²) in [5.41, 5.74) is 0.318. The molecule has 0 radical (unpaired) electrons. The lowest BCUT2D eigenvalue weighted by Gasteiger charge is -2.38. The molecule has 0 bridgehead atoms. The maximum absolute atomic E-state index is 5.18. The first-order valence-electron chi connectivity index (χ1n) is 4.81. The van der Waals surface area contributed by atoms with E-state index < -0.39 is 0 Å². The largest absolute Gasteiger partial charge is 0.380 e. The lowest BCUT2D eigenvalue weighted by atomic mass is 9.89. The van der Waals surface area contributed by atoms with E-state index in [1.807, 2.05) is 7.05 Å². The molecule has 0 saturated carbocycles. The van der Waals surface area contributed by atoms with Gasteiger partial charge in [-0.2, -0.15) is 5.10 Å². The molecule has 0 amide bonds. The smallest absolute Gasteiger partial charge is 0.140 e. The minimum absolute atomic E-state index is 0.318. The Labute approximate surface area is 83.5 Å². The lowest BCUT2D eigenvalue weighted by Crippen LogP contribution is -2.47. The minimum Gasteiger partial charge on any atom is -0.380 e. The highest BCUT2D eigenvalue weighted by Crippen LogP contribution is 2.24. The quantitative estimate of drug-likeness (QED) is 0.733. The van der Waals surface area contributed by atoms with Crippen LogP contribution in [0.3, 0.4) is 0 Å². The van der Waals surface area contributed by atoms with Crippen LogP contribution in [0.1, 0.15) is 12.7 Å². The summed E-state index contributed by atoms with van der Waals surface area (Å²) >= 11 is 0. The topological polar surface area (TPSA) is 52.0 Å². The first-order valence-corrected chi connectivity index (χ1v) is 4.81. The number of aryl methyl sites for hydroxylation is 1. The molecule has 1 saturated heterocycles. The average Bonchev–Trinajstić information content (AvgIpc) is 2.49. The van der Waals surface area contributed by atoms with Gasteiger partial charge in [0.05, 0.1) is 19.8 Å². The van der Waals surface area contributed by atoms with Gasteiger partial charge in [-0.15, -0.1) is 0 Å². The number of hydrogen-bond donors (Lipinski definition) is 1. The van der Waals surface area contributed by atoms with Crippen molar-refractivity contribution >= 4 is 0 Å². The summed E-state index contributed by atoms with van der Waals surface area (Å²) in [7, 11) is 1.90. The molecule has 1 aliphatic rings. The average molecular weight is 196 g/mol. The normalized spacial score (nSPS) is 19.3. The summed E-state index contributed by atoms with van der Waals surface area (Å²) in [5, 5.41) is 7.37. The fourth-order valence-corrected chi connectivity index (χ4v) is 1.51. The molecule has 1 fully saturated rings. The predicted molar refractivity (Wildman–Crippen MR) is 51.6 cm³/mol. The third-order valence-electron chi connectivity index (χ3n) is 2.54. The minimum atomic E-state index is 0.318. The van der Waals surface area contributed by atoms with E-state index in [0.29, 0.717) is 5.41 Å². The van der Waals surface area contributed by atoms with Crippen molar-refractivity contribution in [1.82, 2.24) is 20.1 Å². The second kappa shape index (κ2) is 3.67. The van der Waals surface area contributed by atoms with Gasteiger partial charge < -0.3 is 10.1 Å². The van der Waals surface area contributed by atoms with E-state index in [9.17, 15) is 0 Å². The van der Waals surface area contributed by atoms with Gasteiger partial charge in [0, 0.05) is 19.0 Å². The van der Waals surface area contributed by atoms with Crippen LogP contribution in [0.4, 0.5) is 0 Å². The first kappa shape index (κ1) is 9.61. The Morgan fingerprint density at radius 3 is 2.93 bits per heavy atom. The van der Waals surface area contributed by atoms with Gasteiger partial charge in [0.1, 0.15) is 12.2 Å². The van der Waals surface area contributed by atoms with Gasteiger partial charge in [-0.25, -0.2) is 4.98 Å². The van der Waals surface area contributed by atoms with Crippen LogP contribution in [-0.4, -0.2) is 34.5 Å². The van der Waals surface area contributed by atoms with Crippen molar-refractivity contribution in [2.75, 3.05) is 19.8 Å². The van der Waals surface area contributed by atoms with E-state index in [2.05, 4.69) is 22.3 Å². The van der Waals surface area contributed by atoms with Crippen molar-refractivity contribution in [3.05, 3.63) is 12.2 Å². The van der Waals surface area contributed by atoms with Crippen LogP contribution < -0.4 is 5.32 Å². The molecule has 1 aromatic heterocycles. The molecule has 1 aromatic rings. The molecular weight excluding hydrogens is 180 g/mol. The highest BCUT2D eigenvalue weighted by molar-refractivity contribution is 4.86. The summed E-state index contributed by atoms with van der Waals surface area (Å²) in [6, 6.07) is 0. The van der Waals surface area contributed by atoms with E-state index in [4.69, 9.17) is 4.74 Å². The molecule has 1 N–H and O–H groups in total. The molecule has 0 atom stereocenters. The Morgan fingerprint density at radius 2 is 2.43 bits per heavy atom. The van der Waals surface area contributed by atoms with Crippen molar-refractivity contribution in [2.45, 2.75) is 13.5 Å². The number of rotatable bonds is 4. The number of hydrogen-bond acceptors (Lipinski definition) is 4. The Kier molecular flexibility index (Phi) is 2.52. The Morgan fingerprint density at radius 1 is 1.64 bits per heavy atom. The van der Waals surface area contributed by atoms with Gasteiger partial charge in [0.25, 0.3) is 0 Å². The molecule has 5 heteroatoms. The Bertz CT molecular complexity index is 306. The number of nitrogens with one attached hydrogen (secondary N) is 1. The summed E-state index contributed by atoms with van der Waals surface area (Å²) in [6.07, 6.45) is 1.57. The first-order chi connectivity index (χ1) is 6.70. The van der Waals surface area contributed by atoms with Crippen molar-refractivity contribution in [3.63, 3.8) is 0 Å². The summed E-state index contributed by atoms with van der Waals surface area (Å²) in [6.45, 7) is 5.68. The molecule has 0 aromatic carbocycles. The third kappa shape index (κ3) is 1.93. The van der Waals surface area contributed by atoms with Gasteiger partial charge in [-0.3, -0.25) is 4.68 Å². The molecule has 1 aliphatic heterocycles. The van der Waals surface area contributed by atoms with Crippen LogP contribution in [0, 0.1) is 5.41 Å². The molecule has 5 nitrogen and oxygen atoms in total. The zero-order valence-electron chi connectivity index (χ0n) is 8.66. The molecule has 14 heavy (non-hydrogen) atoms. The predicted octanol–water partition coefficient (Wildman–Crippen LogP) is -0.0588. The molecule has 2 rings (SSSR count). The third-order valence-corrected chi connectivity index (χ3v) is 2.54. The van der Waals surface area contributed by atoms with Gasteiger partial charge in [0.2, 0.25) is 0 Å². The van der Waals surface area contributed by atoms with Crippen LogP contribution in [-0.2, 0) is 18.3 Å². The molecule has 78 valence electrons. The highest BCUT2D eigenvalue weighted by Gasteiger charge is 2.32. The van der Waals surface area contributed by atoms with Gasteiger partial charge in [-0.1, -0.05) is 6.92 Å². The second-order valence-corrected chi connectivity index (χ2v) is 4.21. The van der Waals surface area contributed by atoms with Gasteiger partial charge in [-0.05, 0) is 0 Å². The van der Waals surface area contributed by atoms with Crippen molar-refractivity contribution < 1.29 is 4.74 Å². The fraction of sp³-hybridized carbons (Fsp3) is 0.778. The summed E-state index contributed by atoms with van der Waals surface area (Å²) in [5.74, 6) is 0.967. The van der Waals surface area contributed by atoms with Crippen molar-refractivity contribution in [2.24, 2.45) is 12.5 Å². The van der Waals surface area contributed by atoms with Crippen LogP contribution in [0.5, 0.6) is 0 Å².